The number of aryl methyl sites for hydroxylation is 1. The van der Waals surface area contributed by atoms with Crippen LogP contribution in [0.15, 0.2) is 42.5 Å². The second kappa shape index (κ2) is 8.80. The molecule has 3 rings (SSSR count). The van der Waals surface area contributed by atoms with Crippen molar-refractivity contribution in [2.75, 3.05) is 33.9 Å². The highest BCUT2D eigenvalue weighted by atomic mass is 16.5. The Morgan fingerprint density at radius 3 is 2.37 bits per heavy atom. The molecule has 0 aromatic heterocycles. The van der Waals surface area contributed by atoms with Crippen molar-refractivity contribution in [1.82, 2.24) is 4.90 Å². The molecule has 1 saturated heterocycles. The van der Waals surface area contributed by atoms with E-state index >= 15 is 0 Å². The van der Waals surface area contributed by atoms with Gasteiger partial charge in [0, 0.05) is 19.0 Å². The predicted molar refractivity (Wildman–Crippen MR) is 105 cm³/mol. The Morgan fingerprint density at radius 1 is 1.07 bits per heavy atom. The number of benzene rings is 2. The molecular weight excluding hydrogens is 342 g/mol. The summed E-state index contributed by atoms with van der Waals surface area (Å²) in [5.41, 5.74) is 1.70. The van der Waals surface area contributed by atoms with Gasteiger partial charge < -0.3 is 19.1 Å². The smallest absolute Gasteiger partial charge is 0.261 e. The number of piperidine rings is 1. The minimum atomic E-state index is -0.0515. The Morgan fingerprint density at radius 2 is 1.74 bits per heavy atom. The Balaban J connectivity index is 1.67. The molecule has 27 heavy (non-hydrogen) atoms. The van der Waals surface area contributed by atoms with Crippen molar-refractivity contribution < 1.29 is 19.0 Å². The molecule has 2 aromatic carbocycles. The molecule has 0 bridgehead atoms. The second-order valence-electron chi connectivity index (χ2n) is 6.92. The van der Waals surface area contributed by atoms with E-state index in [2.05, 4.69) is 6.92 Å². The quantitative estimate of drug-likeness (QED) is 0.774. The Labute approximate surface area is 160 Å². The fraction of sp³-hybridized carbons (Fsp3) is 0.409. The van der Waals surface area contributed by atoms with Crippen LogP contribution in [0.4, 0.5) is 0 Å². The zero-order valence-electron chi connectivity index (χ0n) is 16.2. The first-order valence-corrected chi connectivity index (χ1v) is 9.32. The average molecular weight is 369 g/mol. The summed E-state index contributed by atoms with van der Waals surface area (Å²) in [6.45, 7) is 4.07. The molecule has 1 atom stereocenters. The molecule has 5 nitrogen and oxygen atoms in total. The molecule has 1 fully saturated rings. The Kier molecular flexibility index (Phi) is 6.22. The summed E-state index contributed by atoms with van der Waals surface area (Å²) in [4.78, 5) is 15.0. The molecular formula is C22H27NO4. The van der Waals surface area contributed by atoms with E-state index in [1.165, 1.54) is 5.56 Å². The number of amides is 1. The van der Waals surface area contributed by atoms with Crippen LogP contribution in [0.3, 0.4) is 0 Å². The van der Waals surface area contributed by atoms with E-state index in [4.69, 9.17) is 14.2 Å². The highest BCUT2D eigenvalue weighted by Crippen LogP contribution is 2.31. The van der Waals surface area contributed by atoms with Gasteiger partial charge in [0.05, 0.1) is 20.8 Å². The summed E-state index contributed by atoms with van der Waals surface area (Å²) >= 11 is 0. The van der Waals surface area contributed by atoms with Crippen LogP contribution in [0.25, 0.3) is 0 Å². The molecule has 0 spiro atoms. The van der Waals surface area contributed by atoms with Crippen LogP contribution in [0, 0.1) is 12.8 Å². The first-order chi connectivity index (χ1) is 13.1. The van der Waals surface area contributed by atoms with Crippen molar-refractivity contribution in [2.45, 2.75) is 19.8 Å². The number of hydrogen-bond acceptors (Lipinski definition) is 4. The maximum atomic E-state index is 13.1. The van der Waals surface area contributed by atoms with Gasteiger partial charge in [-0.15, -0.1) is 0 Å². The van der Waals surface area contributed by atoms with Crippen LogP contribution in [0.1, 0.15) is 28.8 Å². The molecule has 1 aliphatic rings. The number of carbonyl (C=O) groups is 1. The molecule has 5 heteroatoms. The van der Waals surface area contributed by atoms with Crippen molar-refractivity contribution in [1.29, 1.82) is 0 Å². The van der Waals surface area contributed by atoms with E-state index in [1.807, 2.05) is 35.2 Å². The summed E-state index contributed by atoms with van der Waals surface area (Å²) < 4.78 is 16.7. The summed E-state index contributed by atoms with van der Waals surface area (Å²) in [7, 11) is 3.14. The lowest BCUT2D eigenvalue weighted by Crippen LogP contribution is -2.41. The maximum Gasteiger partial charge on any atom is 0.261 e. The summed E-state index contributed by atoms with van der Waals surface area (Å²) in [5.74, 6) is 2.21. The number of ether oxygens (including phenoxy) is 3. The lowest BCUT2D eigenvalue weighted by atomic mass is 9.98. The van der Waals surface area contributed by atoms with Crippen molar-refractivity contribution in [2.24, 2.45) is 5.92 Å². The van der Waals surface area contributed by atoms with Gasteiger partial charge in [0.2, 0.25) is 0 Å². The third-order valence-electron chi connectivity index (χ3n) is 4.95. The van der Waals surface area contributed by atoms with Crippen LogP contribution in [0.2, 0.25) is 0 Å². The lowest BCUT2D eigenvalue weighted by molar-refractivity contribution is 0.0627. The number of likely N-dealkylation sites (tertiary alicyclic amines) is 1. The molecule has 144 valence electrons. The topological polar surface area (TPSA) is 48.0 Å². The van der Waals surface area contributed by atoms with Gasteiger partial charge in [-0.05, 0) is 44.0 Å². The molecule has 0 N–H and O–H groups in total. The lowest BCUT2D eigenvalue weighted by Gasteiger charge is -2.33. The minimum absolute atomic E-state index is 0.0515. The molecule has 2 aromatic rings. The minimum Gasteiger partial charge on any atom is -0.496 e. The van der Waals surface area contributed by atoms with Gasteiger partial charge in [-0.1, -0.05) is 23.8 Å². The SMILES string of the molecule is COc1cccc(OC)c1C(=O)N1CCCC(COc2ccc(C)cc2)C1. The number of rotatable bonds is 6. The fourth-order valence-electron chi connectivity index (χ4n) is 3.45. The van der Waals surface area contributed by atoms with Gasteiger partial charge in [-0.2, -0.15) is 0 Å². The number of nitrogens with zero attached hydrogens (tertiary/aromatic N) is 1. The van der Waals surface area contributed by atoms with Gasteiger partial charge in [-0.25, -0.2) is 0 Å². The van der Waals surface area contributed by atoms with Crippen molar-refractivity contribution >= 4 is 5.91 Å². The maximum absolute atomic E-state index is 13.1. The van der Waals surface area contributed by atoms with Crippen molar-refractivity contribution in [3.05, 3.63) is 53.6 Å². The first-order valence-electron chi connectivity index (χ1n) is 9.32. The summed E-state index contributed by atoms with van der Waals surface area (Å²) in [6, 6.07) is 13.5. The standard InChI is InChI=1S/C22H27NO4/c1-16-9-11-18(12-10-16)27-15-17-6-5-13-23(14-17)22(24)21-19(25-2)7-4-8-20(21)26-3/h4,7-12,17H,5-6,13-15H2,1-3H3. The van der Waals surface area contributed by atoms with E-state index in [9.17, 15) is 4.79 Å². The number of methoxy groups -OCH3 is 2. The predicted octanol–water partition coefficient (Wildman–Crippen LogP) is 3.94. The van der Waals surface area contributed by atoms with Gasteiger partial charge in [0.15, 0.2) is 0 Å². The molecule has 1 aliphatic heterocycles. The van der Waals surface area contributed by atoms with E-state index in [0.29, 0.717) is 36.1 Å². The molecule has 0 radical (unpaired) electrons. The van der Waals surface area contributed by atoms with Crippen LogP contribution >= 0.6 is 0 Å². The van der Waals surface area contributed by atoms with Crippen LogP contribution in [0.5, 0.6) is 17.2 Å². The molecule has 1 amide bonds. The van der Waals surface area contributed by atoms with E-state index in [0.717, 1.165) is 25.1 Å². The molecule has 1 unspecified atom stereocenters. The van der Waals surface area contributed by atoms with Gasteiger partial charge in [0.1, 0.15) is 22.8 Å². The third kappa shape index (κ3) is 4.54. The third-order valence-corrected chi connectivity index (χ3v) is 4.95. The van der Waals surface area contributed by atoms with E-state index in [1.54, 1.807) is 26.4 Å². The number of carbonyl (C=O) groups excluding carboxylic acids is 1. The first kappa shape index (κ1) is 19.1. The largest absolute Gasteiger partial charge is 0.496 e. The van der Waals surface area contributed by atoms with Crippen molar-refractivity contribution in [3.8, 4) is 17.2 Å². The number of hydrogen-bond donors (Lipinski definition) is 0. The fourth-order valence-corrected chi connectivity index (χ4v) is 3.45. The van der Waals surface area contributed by atoms with E-state index in [-0.39, 0.29) is 5.91 Å². The molecule has 0 saturated carbocycles. The summed E-state index contributed by atoms with van der Waals surface area (Å²) in [5, 5.41) is 0. The van der Waals surface area contributed by atoms with Crippen LogP contribution in [-0.4, -0.2) is 44.7 Å². The Hall–Kier alpha value is -2.69. The zero-order valence-corrected chi connectivity index (χ0v) is 16.2. The normalized spacial score (nSPS) is 16.7. The van der Waals surface area contributed by atoms with Gasteiger partial charge in [0.25, 0.3) is 5.91 Å². The Bertz CT molecular complexity index is 750. The van der Waals surface area contributed by atoms with Crippen LogP contribution in [-0.2, 0) is 0 Å². The highest BCUT2D eigenvalue weighted by Gasteiger charge is 2.28. The van der Waals surface area contributed by atoms with Crippen LogP contribution < -0.4 is 14.2 Å². The van der Waals surface area contributed by atoms with Gasteiger partial charge in [-0.3, -0.25) is 4.79 Å². The second-order valence-corrected chi connectivity index (χ2v) is 6.92. The zero-order chi connectivity index (χ0) is 19.2. The monoisotopic (exact) mass is 369 g/mol. The molecule has 1 heterocycles. The summed E-state index contributed by atoms with van der Waals surface area (Å²) in [6.07, 6.45) is 2.02. The van der Waals surface area contributed by atoms with Gasteiger partial charge >= 0.3 is 0 Å². The van der Waals surface area contributed by atoms with E-state index < -0.39 is 0 Å². The van der Waals surface area contributed by atoms with Crippen molar-refractivity contribution in [3.63, 3.8) is 0 Å². The average Bonchev–Trinajstić information content (AvgIpc) is 2.72. The highest BCUT2D eigenvalue weighted by molar-refractivity contribution is 5.99. The molecule has 0 aliphatic carbocycles.